The molecule has 1 saturated heterocycles. The molecule has 8 heteroatoms. The first-order valence-corrected chi connectivity index (χ1v) is 10.2. The van der Waals surface area contributed by atoms with Crippen LogP contribution >= 0.6 is 0 Å². The lowest BCUT2D eigenvalue weighted by molar-refractivity contribution is -0.136. The van der Waals surface area contributed by atoms with Crippen molar-refractivity contribution in [2.45, 2.75) is 19.4 Å². The standard InChI is InChI=1S/C19H21N3O4S/c1-14(15-7-3-2-4-8-15)20-18(23)19(24)21-16-9-5-10-17(13-16)22-11-6-12-27(22,25)26/h2-5,7-10,13-14H,6,11-12H2,1H3,(H,20,23)(H,21,24)/t14-/m1/s1. The maximum atomic E-state index is 12.2. The molecule has 2 aromatic carbocycles. The second-order valence-electron chi connectivity index (χ2n) is 6.35. The third-order valence-electron chi connectivity index (χ3n) is 4.34. The molecule has 0 saturated carbocycles. The van der Waals surface area contributed by atoms with Crippen LogP contribution in [0.5, 0.6) is 0 Å². The van der Waals surface area contributed by atoms with Gasteiger partial charge in [0.2, 0.25) is 10.0 Å². The molecule has 0 unspecified atom stereocenters. The van der Waals surface area contributed by atoms with E-state index in [2.05, 4.69) is 10.6 Å². The Labute approximate surface area is 158 Å². The van der Waals surface area contributed by atoms with Crippen molar-refractivity contribution < 1.29 is 18.0 Å². The van der Waals surface area contributed by atoms with E-state index in [1.807, 2.05) is 30.3 Å². The molecule has 0 radical (unpaired) electrons. The molecule has 1 heterocycles. The van der Waals surface area contributed by atoms with Gasteiger partial charge in [-0.25, -0.2) is 8.42 Å². The number of hydrogen-bond acceptors (Lipinski definition) is 4. The number of hydrogen-bond donors (Lipinski definition) is 2. The summed E-state index contributed by atoms with van der Waals surface area (Å²) in [6.07, 6.45) is 0.568. The lowest BCUT2D eigenvalue weighted by Gasteiger charge is -2.18. The Morgan fingerprint density at radius 2 is 1.78 bits per heavy atom. The lowest BCUT2D eigenvalue weighted by Crippen LogP contribution is -2.37. The third kappa shape index (κ3) is 4.46. The molecule has 0 bridgehead atoms. The van der Waals surface area contributed by atoms with Gasteiger partial charge in [-0.15, -0.1) is 0 Å². The highest BCUT2D eigenvalue weighted by Gasteiger charge is 2.28. The monoisotopic (exact) mass is 387 g/mol. The van der Waals surface area contributed by atoms with Gasteiger partial charge in [0.25, 0.3) is 0 Å². The average Bonchev–Trinajstić information content (AvgIpc) is 3.01. The van der Waals surface area contributed by atoms with E-state index in [9.17, 15) is 18.0 Å². The molecule has 0 spiro atoms. The number of nitrogens with one attached hydrogen (secondary N) is 2. The molecular weight excluding hydrogens is 366 g/mol. The smallest absolute Gasteiger partial charge is 0.313 e. The van der Waals surface area contributed by atoms with E-state index in [0.717, 1.165) is 5.56 Å². The van der Waals surface area contributed by atoms with Crippen LogP contribution in [0.15, 0.2) is 54.6 Å². The molecule has 3 rings (SSSR count). The van der Waals surface area contributed by atoms with Gasteiger partial charge < -0.3 is 10.6 Å². The van der Waals surface area contributed by atoms with Crippen LogP contribution in [-0.4, -0.2) is 32.5 Å². The first-order valence-electron chi connectivity index (χ1n) is 8.64. The van der Waals surface area contributed by atoms with Crippen molar-refractivity contribution in [2.24, 2.45) is 0 Å². The molecule has 0 aliphatic carbocycles. The Morgan fingerprint density at radius 1 is 1.04 bits per heavy atom. The van der Waals surface area contributed by atoms with Gasteiger partial charge in [0.05, 0.1) is 17.5 Å². The minimum absolute atomic E-state index is 0.114. The van der Waals surface area contributed by atoms with Crippen LogP contribution in [0.25, 0.3) is 0 Å². The molecule has 0 aromatic heterocycles. The molecule has 142 valence electrons. The van der Waals surface area contributed by atoms with Gasteiger partial charge in [0.15, 0.2) is 0 Å². The Morgan fingerprint density at radius 3 is 2.44 bits per heavy atom. The molecule has 1 aliphatic rings. The number of carbonyl (C=O) groups is 2. The van der Waals surface area contributed by atoms with Crippen molar-refractivity contribution in [1.82, 2.24) is 5.32 Å². The highest BCUT2D eigenvalue weighted by Crippen LogP contribution is 2.26. The summed E-state index contributed by atoms with van der Waals surface area (Å²) in [6, 6.07) is 15.5. The van der Waals surface area contributed by atoms with Crippen LogP contribution in [0.1, 0.15) is 24.9 Å². The molecule has 2 aromatic rings. The van der Waals surface area contributed by atoms with Crippen LogP contribution in [-0.2, 0) is 19.6 Å². The van der Waals surface area contributed by atoms with Gasteiger partial charge in [-0.1, -0.05) is 36.4 Å². The maximum absolute atomic E-state index is 12.2. The van der Waals surface area contributed by atoms with Crippen LogP contribution in [0.2, 0.25) is 0 Å². The number of sulfonamides is 1. The zero-order valence-electron chi connectivity index (χ0n) is 14.9. The van der Waals surface area contributed by atoms with Crippen LogP contribution in [0, 0.1) is 0 Å². The van der Waals surface area contributed by atoms with E-state index in [-0.39, 0.29) is 11.8 Å². The number of amides is 2. The predicted molar refractivity (Wildman–Crippen MR) is 104 cm³/mol. The van der Waals surface area contributed by atoms with Gasteiger partial charge in [-0.3, -0.25) is 13.9 Å². The normalized spacial score (nSPS) is 16.6. The highest BCUT2D eigenvalue weighted by molar-refractivity contribution is 7.93. The summed E-state index contributed by atoms with van der Waals surface area (Å²) in [6.45, 7) is 2.20. The Bertz CT molecular complexity index is 944. The SMILES string of the molecule is C[C@@H](NC(=O)C(=O)Nc1cccc(N2CCCS2(=O)=O)c1)c1ccccc1. The van der Waals surface area contributed by atoms with Crippen LogP contribution < -0.4 is 14.9 Å². The molecule has 1 fully saturated rings. The average molecular weight is 387 g/mol. The van der Waals surface area contributed by atoms with Crippen molar-refractivity contribution in [3.63, 3.8) is 0 Å². The lowest BCUT2D eigenvalue weighted by atomic mass is 10.1. The van der Waals surface area contributed by atoms with E-state index < -0.39 is 21.8 Å². The Balaban J connectivity index is 1.65. The molecule has 1 aliphatic heterocycles. The molecule has 2 amide bonds. The van der Waals surface area contributed by atoms with Gasteiger partial charge in [-0.05, 0) is 37.1 Å². The van der Waals surface area contributed by atoms with Crippen molar-refractivity contribution in [3.05, 3.63) is 60.2 Å². The molecular formula is C19H21N3O4S. The molecule has 2 N–H and O–H groups in total. The summed E-state index contributed by atoms with van der Waals surface area (Å²) >= 11 is 0. The topological polar surface area (TPSA) is 95.6 Å². The van der Waals surface area contributed by atoms with E-state index in [1.54, 1.807) is 31.2 Å². The second kappa shape index (κ2) is 7.79. The van der Waals surface area contributed by atoms with Crippen molar-refractivity contribution in [2.75, 3.05) is 21.9 Å². The summed E-state index contributed by atoms with van der Waals surface area (Å²) in [5.41, 5.74) is 1.73. The zero-order valence-corrected chi connectivity index (χ0v) is 15.7. The van der Waals surface area contributed by atoms with E-state index >= 15 is 0 Å². The Hall–Kier alpha value is -2.87. The first kappa shape index (κ1) is 18.9. The summed E-state index contributed by atoms with van der Waals surface area (Å²) < 4.78 is 25.4. The Kier molecular flexibility index (Phi) is 5.46. The van der Waals surface area contributed by atoms with Crippen LogP contribution in [0.3, 0.4) is 0 Å². The van der Waals surface area contributed by atoms with E-state index in [4.69, 9.17) is 0 Å². The fourth-order valence-corrected chi connectivity index (χ4v) is 4.50. The maximum Gasteiger partial charge on any atom is 0.313 e. The molecule has 1 atom stereocenters. The van der Waals surface area contributed by atoms with Gasteiger partial charge in [-0.2, -0.15) is 0 Å². The zero-order chi connectivity index (χ0) is 19.4. The minimum atomic E-state index is -3.31. The second-order valence-corrected chi connectivity index (χ2v) is 8.36. The van der Waals surface area contributed by atoms with Crippen molar-refractivity contribution >= 4 is 33.2 Å². The molecule has 27 heavy (non-hydrogen) atoms. The predicted octanol–water partition coefficient (Wildman–Crippen LogP) is 2.04. The number of benzene rings is 2. The highest BCUT2D eigenvalue weighted by atomic mass is 32.2. The fourth-order valence-electron chi connectivity index (χ4n) is 2.94. The van der Waals surface area contributed by atoms with Gasteiger partial charge >= 0.3 is 11.8 Å². The fraction of sp³-hybridized carbons (Fsp3) is 0.263. The first-order chi connectivity index (χ1) is 12.9. The number of carbonyl (C=O) groups excluding carboxylic acids is 2. The number of nitrogens with zero attached hydrogens (tertiary/aromatic N) is 1. The molecule has 7 nitrogen and oxygen atoms in total. The van der Waals surface area contributed by atoms with Crippen LogP contribution in [0.4, 0.5) is 11.4 Å². The third-order valence-corrected chi connectivity index (χ3v) is 6.21. The van der Waals surface area contributed by atoms with Crippen molar-refractivity contribution in [1.29, 1.82) is 0 Å². The summed E-state index contributed by atoms with van der Waals surface area (Å²) in [5.74, 6) is -1.45. The van der Waals surface area contributed by atoms with E-state index in [0.29, 0.717) is 24.3 Å². The van der Waals surface area contributed by atoms with E-state index in [1.165, 1.54) is 4.31 Å². The summed E-state index contributed by atoms with van der Waals surface area (Å²) in [5, 5.41) is 5.16. The van der Waals surface area contributed by atoms with Crippen molar-refractivity contribution in [3.8, 4) is 0 Å². The minimum Gasteiger partial charge on any atom is -0.341 e. The van der Waals surface area contributed by atoms with Gasteiger partial charge in [0.1, 0.15) is 0 Å². The largest absolute Gasteiger partial charge is 0.341 e. The number of anilines is 2. The number of rotatable bonds is 4. The summed E-state index contributed by atoms with van der Waals surface area (Å²) in [4.78, 5) is 24.3. The van der Waals surface area contributed by atoms with Gasteiger partial charge in [0, 0.05) is 12.2 Å². The quantitative estimate of drug-likeness (QED) is 0.785. The summed E-state index contributed by atoms with van der Waals surface area (Å²) in [7, 11) is -3.31.